The Balaban J connectivity index is 1.34. The van der Waals surface area contributed by atoms with Crippen molar-refractivity contribution in [3.63, 3.8) is 0 Å². The van der Waals surface area contributed by atoms with Gasteiger partial charge in [-0.3, -0.25) is 14.3 Å². The molecule has 176 valence electrons. The van der Waals surface area contributed by atoms with Crippen molar-refractivity contribution in [3.8, 4) is 0 Å². The number of fused-ring (bicyclic) bond motifs is 2. The molecule has 3 heterocycles. The van der Waals surface area contributed by atoms with E-state index in [1.807, 2.05) is 12.1 Å². The first kappa shape index (κ1) is 22.5. The summed E-state index contributed by atoms with van der Waals surface area (Å²) in [5, 5.41) is 1.31. The molecule has 0 radical (unpaired) electrons. The third-order valence-corrected chi connectivity index (χ3v) is 6.59. The number of aromatic amines is 1. The number of pyridine rings is 1. The molecule has 0 saturated carbocycles. The number of nitrogens with one attached hydrogen (secondary N) is 1. The van der Waals surface area contributed by atoms with Crippen LogP contribution in [0.4, 0.5) is 13.2 Å². The Kier molecular flexibility index (Phi) is 5.59. The van der Waals surface area contributed by atoms with E-state index in [0.29, 0.717) is 36.5 Å². The predicted octanol–water partition coefficient (Wildman–Crippen LogP) is 4.96. The number of hydrogen-bond acceptors (Lipinski definition) is 3. The molecule has 1 N–H and O–H groups in total. The van der Waals surface area contributed by atoms with Gasteiger partial charge in [0.05, 0.1) is 33.6 Å². The number of aromatic nitrogens is 3. The molecular weight excluding hydrogens is 469 g/mol. The highest BCUT2D eigenvalue weighted by Crippen LogP contribution is 2.36. The Labute approximate surface area is 197 Å². The van der Waals surface area contributed by atoms with Gasteiger partial charge < -0.3 is 9.88 Å². The molecule has 1 amide bonds. The fourth-order valence-corrected chi connectivity index (χ4v) is 5.02. The second-order valence-corrected chi connectivity index (χ2v) is 8.85. The number of piperidine rings is 1. The van der Waals surface area contributed by atoms with E-state index >= 15 is 0 Å². The number of nitrogens with zero attached hydrogens (tertiary/aromatic N) is 3. The van der Waals surface area contributed by atoms with Crippen LogP contribution >= 0.6 is 11.6 Å². The third-order valence-electron chi connectivity index (χ3n) is 6.30. The van der Waals surface area contributed by atoms with Crippen LogP contribution in [0, 0.1) is 0 Å². The highest BCUT2D eigenvalue weighted by atomic mass is 35.5. The zero-order chi connectivity index (χ0) is 24.0. The van der Waals surface area contributed by atoms with Crippen molar-refractivity contribution >= 4 is 39.4 Å². The molecule has 1 aliphatic rings. The Bertz CT molecular complexity index is 1450. The van der Waals surface area contributed by atoms with E-state index in [1.54, 1.807) is 23.2 Å². The van der Waals surface area contributed by atoms with Gasteiger partial charge in [-0.15, -0.1) is 0 Å². The first-order chi connectivity index (χ1) is 16.2. The second-order valence-electron chi connectivity index (χ2n) is 8.44. The number of rotatable bonds is 3. The summed E-state index contributed by atoms with van der Waals surface area (Å²) in [5.41, 5.74) is 0.0366. The summed E-state index contributed by atoms with van der Waals surface area (Å²) >= 11 is 6.31. The van der Waals surface area contributed by atoms with Crippen LogP contribution in [0.15, 0.2) is 53.5 Å². The molecule has 6 nitrogen and oxygen atoms in total. The molecule has 4 aromatic rings. The van der Waals surface area contributed by atoms with Crippen LogP contribution in [0.2, 0.25) is 5.02 Å². The molecule has 0 atom stereocenters. The summed E-state index contributed by atoms with van der Waals surface area (Å²) in [5.74, 6) is -0.0972. The Morgan fingerprint density at radius 3 is 2.65 bits per heavy atom. The number of likely N-dealkylation sites (tertiary alicyclic amines) is 1. The van der Waals surface area contributed by atoms with E-state index in [9.17, 15) is 22.8 Å². The molecule has 2 aromatic heterocycles. The van der Waals surface area contributed by atoms with Gasteiger partial charge in [-0.2, -0.15) is 13.2 Å². The minimum absolute atomic E-state index is 0.0972. The molecule has 10 heteroatoms. The van der Waals surface area contributed by atoms with Crippen LogP contribution in [0.3, 0.4) is 0 Å². The fourth-order valence-electron chi connectivity index (χ4n) is 4.73. The number of imidazole rings is 1. The quantitative estimate of drug-likeness (QED) is 0.443. The van der Waals surface area contributed by atoms with Gasteiger partial charge in [-0.05, 0) is 48.7 Å². The van der Waals surface area contributed by atoms with E-state index in [1.165, 1.54) is 16.7 Å². The van der Waals surface area contributed by atoms with Crippen molar-refractivity contribution in [1.29, 1.82) is 0 Å². The molecule has 0 spiro atoms. The van der Waals surface area contributed by atoms with Crippen LogP contribution in [0.25, 0.3) is 21.9 Å². The Morgan fingerprint density at radius 2 is 1.91 bits per heavy atom. The van der Waals surface area contributed by atoms with Gasteiger partial charge in [0.2, 0.25) is 5.91 Å². The van der Waals surface area contributed by atoms with Gasteiger partial charge in [0.1, 0.15) is 0 Å². The number of halogens is 4. The van der Waals surface area contributed by atoms with Gasteiger partial charge in [-0.1, -0.05) is 23.7 Å². The first-order valence-electron chi connectivity index (χ1n) is 10.8. The number of carbonyl (C=O) groups is 1. The van der Waals surface area contributed by atoms with E-state index in [4.69, 9.17) is 11.6 Å². The number of carbonyl (C=O) groups excluding carboxylic acids is 1. The van der Waals surface area contributed by atoms with Crippen molar-refractivity contribution in [2.24, 2.45) is 0 Å². The van der Waals surface area contributed by atoms with Crippen LogP contribution in [-0.4, -0.2) is 38.4 Å². The Hall–Kier alpha value is -3.33. The maximum absolute atomic E-state index is 13.6. The lowest BCUT2D eigenvalue weighted by atomic mass is 10.0. The van der Waals surface area contributed by atoms with Gasteiger partial charge in [0.15, 0.2) is 0 Å². The number of benzene rings is 2. The van der Waals surface area contributed by atoms with E-state index in [-0.39, 0.29) is 23.4 Å². The van der Waals surface area contributed by atoms with Gasteiger partial charge in [0, 0.05) is 30.7 Å². The molecule has 0 bridgehead atoms. The van der Waals surface area contributed by atoms with Crippen LogP contribution in [-0.2, 0) is 17.4 Å². The molecule has 34 heavy (non-hydrogen) atoms. The zero-order valence-corrected chi connectivity index (χ0v) is 18.7. The van der Waals surface area contributed by atoms with Crippen LogP contribution in [0.1, 0.15) is 30.0 Å². The topological polar surface area (TPSA) is 71.0 Å². The number of alkyl halides is 3. The summed E-state index contributed by atoms with van der Waals surface area (Å²) in [6, 6.07) is 10.6. The lowest BCUT2D eigenvalue weighted by Crippen LogP contribution is -2.41. The van der Waals surface area contributed by atoms with Crippen molar-refractivity contribution in [1.82, 2.24) is 19.4 Å². The number of hydrogen-bond donors (Lipinski definition) is 1. The minimum Gasteiger partial charge on any atom is -0.342 e. The van der Waals surface area contributed by atoms with E-state index in [0.717, 1.165) is 17.0 Å². The van der Waals surface area contributed by atoms with Crippen LogP contribution < -0.4 is 5.69 Å². The highest BCUT2D eigenvalue weighted by Gasteiger charge is 2.36. The molecule has 5 rings (SSSR count). The lowest BCUT2D eigenvalue weighted by molar-refractivity contribution is -0.136. The SMILES string of the molecule is O=C(Cc1cc(Cl)c2ncccc2c1)N1CCC(n2c(=O)[nH]c3cccc(C(F)(F)F)c32)CC1. The fraction of sp³-hybridized carbons (Fsp3) is 0.292. The summed E-state index contributed by atoms with van der Waals surface area (Å²) in [4.78, 5) is 33.9. The standard InChI is InChI=1S/C24H20ClF3N4O2/c25-18-12-14(11-15-3-2-8-29-21(15)18)13-20(33)31-9-6-16(7-10-31)32-22-17(24(26,27)28)4-1-5-19(22)30-23(32)34/h1-5,8,11-12,16H,6-7,9-10,13H2,(H,30,34). The van der Waals surface area contributed by atoms with E-state index in [2.05, 4.69) is 9.97 Å². The summed E-state index contributed by atoms with van der Waals surface area (Å²) in [7, 11) is 0. The van der Waals surface area contributed by atoms with Gasteiger partial charge in [-0.25, -0.2) is 4.79 Å². The Morgan fingerprint density at radius 1 is 1.15 bits per heavy atom. The van der Waals surface area contributed by atoms with E-state index < -0.39 is 23.5 Å². The molecule has 2 aromatic carbocycles. The average Bonchev–Trinajstić information content (AvgIpc) is 3.14. The highest BCUT2D eigenvalue weighted by molar-refractivity contribution is 6.35. The molecular formula is C24H20ClF3N4O2. The van der Waals surface area contributed by atoms with Crippen molar-refractivity contribution < 1.29 is 18.0 Å². The summed E-state index contributed by atoms with van der Waals surface area (Å²) < 4.78 is 41.9. The normalized spacial score (nSPS) is 15.4. The molecule has 1 saturated heterocycles. The van der Waals surface area contributed by atoms with Crippen molar-refractivity contribution in [3.05, 3.63) is 75.3 Å². The average molecular weight is 489 g/mol. The molecule has 0 unspecified atom stereocenters. The van der Waals surface area contributed by atoms with Gasteiger partial charge >= 0.3 is 11.9 Å². The van der Waals surface area contributed by atoms with Crippen molar-refractivity contribution in [2.45, 2.75) is 31.5 Å². The third kappa shape index (κ3) is 4.04. The number of amides is 1. The molecule has 1 fully saturated rings. The largest absolute Gasteiger partial charge is 0.418 e. The maximum atomic E-state index is 13.6. The number of H-pyrrole nitrogens is 1. The number of para-hydroxylation sites is 1. The first-order valence-corrected chi connectivity index (χ1v) is 11.2. The molecule has 1 aliphatic heterocycles. The lowest BCUT2D eigenvalue weighted by Gasteiger charge is -2.33. The summed E-state index contributed by atoms with van der Waals surface area (Å²) in [6.45, 7) is 0.694. The van der Waals surface area contributed by atoms with Gasteiger partial charge in [0.25, 0.3) is 0 Å². The molecule has 0 aliphatic carbocycles. The van der Waals surface area contributed by atoms with Crippen LogP contribution in [0.5, 0.6) is 0 Å². The summed E-state index contributed by atoms with van der Waals surface area (Å²) in [6.07, 6.45) is -2.01. The van der Waals surface area contributed by atoms with Crippen molar-refractivity contribution in [2.75, 3.05) is 13.1 Å². The smallest absolute Gasteiger partial charge is 0.342 e. The monoisotopic (exact) mass is 488 g/mol. The zero-order valence-electron chi connectivity index (χ0n) is 17.9. The predicted molar refractivity (Wildman–Crippen MR) is 123 cm³/mol. The maximum Gasteiger partial charge on any atom is 0.418 e. The second kappa shape index (κ2) is 8.47. The minimum atomic E-state index is -4.58.